The van der Waals surface area contributed by atoms with E-state index in [2.05, 4.69) is 21.5 Å². The van der Waals surface area contributed by atoms with E-state index in [4.69, 9.17) is 4.74 Å². The molecule has 1 aliphatic heterocycles. The molecule has 2 unspecified atom stereocenters. The number of halogens is 1. The van der Waals surface area contributed by atoms with Gasteiger partial charge in [0, 0.05) is 12.3 Å². The van der Waals surface area contributed by atoms with Gasteiger partial charge in [-0.3, -0.25) is 4.21 Å². The Bertz CT molecular complexity index is 895. The first-order valence-corrected chi connectivity index (χ1v) is 11.9. The van der Waals surface area contributed by atoms with Crippen LogP contribution in [0.4, 0.5) is 15.5 Å². The molecule has 150 valence electrons. The van der Waals surface area contributed by atoms with E-state index in [9.17, 15) is 8.09 Å². The smallest absolute Gasteiger partial charge is 0.241 e. The first kappa shape index (κ1) is 18.6. The number of nitrogens with one attached hydrogen (secondary N) is 1. The average Bonchev–Trinajstić information content (AvgIpc) is 3.47. The van der Waals surface area contributed by atoms with Crippen LogP contribution in [0.15, 0.2) is 11.2 Å². The molecule has 6 nitrogen and oxygen atoms in total. The molecule has 2 aromatic rings. The fourth-order valence-corrected chi connectivity index (χ4v) is 6.02. The standard InChI is InChI=1S/C19H23FN4O2S2/c20-27-24-18(22-19(23-24)28(25)11-14-6-3-9-26-14)21-17-15-7-1-4-12(15)10-13-5-2-8-16(13)17/h10,14H,1-9,11H2,(H,21,22,23). The number of anilines is 2. The summed E-state index contributed by atoms with van der Waals surface area (Å²) in [4.78, 5) is 4.39. The molecule has 5 rings (SSSR count). The highest BCUT2D eigenvalue weighted by atomic mass is 32.2. The van der Waals surface area contributed by atoms with Gasteiger partial charge in [0.25, 0.3) is 0 Å². The van der Waals surface area contributed by atoms with E-state index in [1.807, 2.05) is 0 Å². The molecule has 0 amide bonds. The lowest BCUT2D eigenvalue weighted by Gasteiger charge is -2.16. The number of fused-ring (bicyclic) bond motifs is 2. The molecule has 0 bridgehead atoms. The highest BCUT2D eigenvalue weighted by molar-refractivity contribution is 7.92. The number of benzene rings is 1. The number of ether oxygens (including phenoxy) is 1. The van der Waals surface area contributed by atoms with Gasteiger partial charge in [0.05, 0.1) is 22.7 Å². The van der Waals surface area contributed by atoms with Gasteiger partial charge in [-0.2, -0.15) is 4.98 Å². The topological polar surface area (TPSA) is 69.0 Å². The Morgan fingerprint density at radius 1 is 1.21 bits per heavy atom. The zero-order valence-electron chi connectivity index (χ0n) is 15.6. The average molecular weight is 423 g/mol. The molecule has 1 N–H and O–H groups in total. The molecule has 1 aromatic carbocycles. The van der Waals surface area contributed by atoms with Crippen molar-refractivity contribution in [1.82, 2.24) is 14.2 Å². The Labute approximate surface area is 170 Å². The largest absolute Gasteiger partial charge is 0.377 e. The van der Waals surface area contributed by atoms with Crippen LogP contribution < -0.4 is 5.32 Å². The fraction of sp³-hybridized carbons (Fsp3) is 0.579. The summed E-state index contributed by atoms with van der Waals surface area (Å²) < 4.78 is 32.8. The fourth-order valence-electron chi connectivity index (χ4n) is 4.60. The van der Waals surface area contributed by atoms with Crippen LogP contribution in [0.2, 0.25) is 0 Å². The third-order valence-electron chi connectivity index (χ3n) is 5.90. The van der Waals surface area contributed by atoms with Crippen LogP contribution in [0.1, 0.15) is 47.9 Å². The number of hydrogen-bond acceptors (Lipinski definition) is 6. The molecular weight excluding hydrogens is 399 g/mol. The highest BCUT2D eigenvalue weighted by Crippen LogP contribution is 2.40. The van der Waals surface area contributed by atoms with Crippen molar-refractivity contribution < 1.29 is 12.8 Å². The quantitative estimate of drug-likeness (QED) is 0.766. The zero-order chi connectivity index (χ0) is 19.1. The monoisotopic (exact) mass is 422 g/mol. The van der Waals surface area contributed by atoms with Crippen LogP contribution in [0.3, 0.4) is 0 Å². The van der Waals surface area contributed by atoms with E-state index in [1.54, 1.807) is 0 Å². The van der Waals surface area contributed by atoms with Gasteiger partial charge < -0.3 is 10.1 Å². The molecule has 2 aliphatic carbocycles. The second-order valence-electron chi connectivity index (χ2n) is 7.67. The number of hydrogen-bond donors (Lipinski definition) is 1. The lowest BCUT2D eigenvalue weighted by atomic mass is 9.99. The molecule has 0 spiro atoms. The molecular formula is C19H23FN4O2S2. The van der Waals surface area contributed by atoms with Crippen LogP contribution in [-0.2, 0) is 41.2 Å². The van der Waals surface area contributed by atoms with Gasteiger partial charge in [0.2, 0.25) is 11.1 Å². The summed E-state index contributed by atoms with van der Waals surface area (Å²) in [5, 5.41) is 7.64. The van der Waals surface area contributed by atoms with Gasteiger partial charge in [-0.15, -0.1) is 13.1 Å². The van der Waals surface area contributed by atoms with Crippen molar-refractivity contribution in [2.75, 3.05) is 17.7 Å². The molecule has 2 heterocycles. The first-order valence-electron chi connectivity index (χ1n) is 9.92. The Kier molecular flexibility index (Phi) is 5.15. The van der Waals surface area contributed by atoms with E-state index in [0.29, 0.717) is 18.3 Å². The number of aryl methyl sites for hydroxylation is 2. The van der Waals surface area contributed by atoms with E-state index in [1.165, 1.54) is 22.3 Å². The summed E-state index contributed by atoms with van der Waals surface area (Å²) in [6.07, 6.45) is 8.40. The molecule has 9 heteroatoms. The Morgan fingerprint density at radius 2 is 1.96 bits per heavy atom. The van der Waals surface area contributed by atoms with E-state index in [0.717, 1.165) is 61.1 Å². The van der Waals surface area contributed by atoms with E-state index < -0.39 is 10.8 Å². The van der Waals surface area contributed by atoms with Gasteiger partial charge in [0.15, 0.2) is 12.3 Å². The molecule has 1 saturated heterocycles. The summed E-state index contributed by atoms with van der Waals surface area (Å²) in [5.41, 5.74) is 6.50. The SMILES string of the molecule is O=S(CC1CCCO1)c1nc(Nc2c3c(cc4c2CCC4)CCC3)n(SF)n1. The molecule has 2 atom stereocenters. The first-order chi connectivity index (χ1) is 13.7. The van der Waals surface area contributed by atoms with Crippen molar-refractivity contribution in [3.8, 4) is 0 Å². The minimum atomic E-state index is -1.41. The molecule has 0 saturated carbocycles. The lowest BCUT2D eigenvalue weighted by Crippen LogP contribution is -2.16. The Balaban J connectivity index is 1.45. The van der Waals surface area contributed by atoms with Crippen LogP contribution in [0.5, 0.6) is 0 Å². The normalized spacial score (nSPS) is 21.7. The van der Waals surface area contributed by atoms with Gasteiger partial charge >= 0.3 is 0 Å². The van der Waals surface area contributed by atoms with Crippen LogP contribution in [-0.4, -0.2) is 36.8 Å². The molecule has 1 aromatic heterocycles. The maximum Gasteiger partial charge on any atom is 0.241 e. The van der Waals surface area contributed by atoms with Crippen molar-refractivity contribution in [3.05, 3.63) is 28.3 Å². The van der Waals surface area contributed by atoms with Gasteiger partial charge in [0.1, 0.15) is 0 Å². The second-order valence-corrected chi connectivity index (χ2v) is 9.54. The number of aromatic nitrogens is 3. The predicted octanol–water partition coefficient (Wildman–Crippen LogP) is 3.67. The van der Waals surface area contributed by atoms with Gasteiger partial charge in [-0.25, -0.2) is 0 Å². The Hall–Kier alpha value is -1.45. The predicted molar refractivity (Wildman–Crippen MR) is 108 cm³/mol. The minimum Gasteiger partial charge on any atom is -0.377 e. The van der Waals surface area contributed by atoms with Crippen LogP contribution >= 0.6 is 12.3 Å². The number of nitrogens with zero attached hydrogens (tertiary/aromatic N) is 3. The van der Waals surface area contributed by atoms with E-state index >= 15 is 0 Å². The number of rotatable bonds is 6. The second kappa shape index (κ2) is 7.76. The van der Waals surface area contributed by atoms with Crippen molar-refractivity contribution in [2.45, 2.75) is 62.6 Å². The summed E-state index contributed by atoms with van der Waals surface area (Å²) in [6, 6.07) is 2.35. The summed E-state index contributed by atoms with van der Waals surface area (Å²) in [7, 11) is -1.41. The van der Waals surface area contributed by atoms with Crippen molar-refractivity contribution >= 4 is 34.8 Å². The Morgan fingerprint density at radius 3 is 2.61 bits per heavy atom. The molecule has 3 aliphatic rings. The van der Waals surface area contributed by atoms with Crippen LogP contribution in [0.25, 0.3) is 0 Å². The minimum absolute atomic E-state index is 0.0229. The molecule has 1 fully saturated rings. The molecule has 28 heavy (non-hydrogen) atoms. The summed E-state index contributed by atoms with van der Waals surface area (Å²) in [5.74, 6) is 0.661. The van der Waals surface area contributed by atoms with Crippen molar-refractivity contribution in [3.63, 3.8) is 0 Å². The van der Waals surface area contributed by atoms with Crippen LogP contribution in [0, 0.1) is 0 Å². The maximum absolute atomic E-state index is 13.5. The van der Waals surface area contributed by atoms with Gasteiger partial charge in [-0.05, 0) is 73.6 Å². The summed E-state index contributed by atoms with van der Waals surface area (Å²) >= 11 is -0.0229. The lowest BCUT2D eigenvalue weighted by molar-refractivity contribution is 0.128. The molecule has 0 radical (unpaired) electrons. The van der Waals surface area contributed by atoms with E-state index in [-0.39, 0.29) is 23.6 Å². The van der Waals surface area contributed by atoms with Crippen molar-refractivity contribution in [2.24, 2.45) is 0 Å². The highest BCUT2D eigenvalue weighted by Gasteiger charge is 2.27. The third-order valence-corrected chi connectivity index (χ3v) is 7.54. The summed E-state index contributed by atoms with van der Waals surface area (Å²) in [6.45, 7) is 0.709. The third kappa shape index (κ3) is 3.37. The van der Waals surface area contributed by atoms with Gasteiger partial charge in [-0.1, -0.05) is 6.07 Å². The zero-order valence-corrected chi connectivity index (χ0v) is 17.2. The van der Waals surface area contributed by atoms with Crippen molar-refractivity contribution in [1.29, 1.82) is 0 Å². The maximum atomic E-state index is 13.5.